The molecule has 1 aliphatic rings. The van der Waals surface area contributed by atoms with Crippen LogP contribution in [0.3, 0.4) is 0 Å². The molecule has 1 amide bonds. The summed E-state index contributed by atoms with van der Waals surface area (Å²) in [6.45, 7) is 4.23. The fourth-order valence-corrected chi connectivity index (χ4v) is 1.91. The van der Waals surface area contributed by atoms with E-state index in [0.29, 0.717) is 13.0 Å². The van der Waals surface area contributed by atoms with E-state index < -0.39 is 5.60 Å². The highest BCUT2D eigenvalue weighted by Gasteiger charge is 2.25. The monoisotopic (exact) mass is 244 g/mol. The third-order valence-corrected chi connectivity index (χ3v) is 3.16. The minimum absolute atomic E-state index is 0.0369. The summed E-state index contributed by atoms with van der Waals surface area (Å²) < 4.78 is 4.92. The van der Waals surface area contributed by atoms with Crippen LogP contribution >= 0.6 is 0 Å². The number of rotatable bonds is 6. The summed E-state index contributed by atoms with van der Waals surface area (Å²) in [5, 5.41) is 16.0. The number of hydrogen-bond acceptors (Lipinski definition) is 4. The predicted octanol–water partition coefficient (Wildman–Crippen LogP) is -0.110. The fourth-order valence-electron chi connectivity index (χ4n) is 1.91. The molecule has 5 nitrogen and oxygen atoms in total. The van der Waals surface area contributed by atoms with Crippen LogP contribution < -0.4 is 10.6 Å². The summed E-state index contributed by atoms with van der Waals surface area (Å²) in [6, 6.07) is 0. The minimum Gasteiger partial charge on any atom is -0.388 e. The molecule has 0 bridgehead atoms. The molecule has 5 heteroatoms. The first-order valence-electron chi connectivity index (χ1n) is 6.25. The maximum absolute atomic E-state index is 11.8. The summed E-state index contributed by atoms with van der Waals surface area (Å²) in [5.41, 5.74) is -0.895. The Labute approximate surface area is 103 Å². The first kappa shape index (κ1) is 14.4. The van der Waals surface area contributed by atoms with Crippen LogP contribution in [0.5, 0.6) is 0 Å². The molecule has 0 aromatic heterocycles. The van der Waals surface area contributed by atoms with E-state index in [1.807, 2.05) is 0 Å². The van der Waals surface area contributed by atoms with Crippen LogP contribution in [0, 0.1) is 5.92 Å². The average Bonchev–Trinajstić information content (AvgIpc) is 2.35. The molecule has 0 spiro atoms. The fraction of sp³-hybridized carbons (Fsp3) is 0.917. The molecule has 0 aliphatic carbocycles. The molecule has 17 heavy (non-hydrogen) atoms. The number of methoxy groups -OCH3 is 1. The van der Waals surface area contributed by atoms with Gasteiger partial charge >= 0.3 is 0 Å². The second-order valence-corrected chi connectivity index (χ2v) is 5.00. The highest BCUT2D eigenvalue weighted by atomic mass is 16.5. The van der Waals surface area contributed by atoms with Gasteiger partial charge in [-0.2, -0.15) is 0 Å². The summed E-state index contributed by atoms with van der Waals surface area (Å²) in [7, 11) is 1.60. The van der Waals surface area contributed by atoms with Crippen LogP contribution in [0.4, 0.5) is 0 Å². The zero-order valence-electron chi connectivity index (χ0n) is 10.8. The van der Waals surface area contributed by atoms with E-state index in [0.717, 1.165) is 25.9 Å². The Hall–Kier alpha value is -0.650. The lowest BCUT2D eigenvalue weighted by molar-refractivity contribution is -0.126. The number of nitrogens with one attached hydrogen (secondary N) is 2. The van der Waals surface area contributed by atoms with Crippen molar-refractivity contribution in [2.75, 3.05) is 33.4 Å². The molecule has 1 saturated heterocycles. The molecule has 1 unspecified atom stereocenters. The number of aliphatic hydroxyl groups is 1. The minimum atomic E-state index is -0.895. The molecule has 1 fully saturated rings. The maximum atomic E-state index is 11.8. The first-order valence-corrected chi connectivity index (χ1v) is 6.25. The molecule has 1 rings (SSSR count). The van der Waals surface area contributed by atoms with Gasteiger partial charge in [-0.1, -0.05) is 0 Å². The number of carbonyl (C=O) groups excluding carboxylic acids is 1. The van der Waals surface area contributed by atoms with Gasteiger partial charge in [0.25, 0.3) is 0 Å². The van der Waals surface area contributed by atoms with Crippen molar-refractivity contribution in [3.63, 3.8) is 0 Å². The van der Waals surface area contributed by atoms with Gasteiger partial charge in [-0.05, 0) is 26.3 Å². The molecule has 3 N–H and O–H groups in total. The highest BCUT2D eigenvalue weighted by Crippen LogP contribution is 2.11. The summed E-state index contributed by atoms with van der Waals surface area (Å²) >= 11 is 0. The van der Waals surface area contributed by atoms with E-state index in [2.05, 4.69) is 10.6 Å². The number of amides is 1. The van der Waals surface area contributed by atoms with Gasteiger partial charge < -0.3 is 20.5 Å². The molecular formula is C12H24N2O3. The Kier molecular flexibility index (Phi) is 5.88. The van der Waals surface area contributed by atoms with Crippen molar-refractivity contribution < 1.29 is 14.6 Å². The number of hydrogen-bond donors (Lipinski definition) is 3. The lowest BCUT2D eigenvalue weighted by Gasteiger charge is -2.26. The molecular weight excluding hydrogens is 220 g/mol. The molecule has 0 aromatic rings. The Balaban J connectivity index is 2.26. The molecule has 0 aromatic carbocycles. The quantitative estimate of drug-likeness (QED) is 0.610. The summed E-state index contributed by atoms with van der Waals surface area (Å²) in [6.07, 6.45) is 2.49. The lowest BCUT2D eigenvalue weighted by Crippen LogP contribution is -2.46. The second-order valence-electron chi connectivity index (χ2n) is 5.00. The van der Waals surface area contributed by atoms with Gasteiger partial charge in [0.15, 0.2) is 0 Å². The third-order valence-electron chi connectivity index (χ3n) is 3.16. The van der Waals surface area contributed by atoms with Crippen LogP contribution in [-0.4, -0.2) is 50.0 Å². The van der Waals surface area contributed by atoms with Crippen molar-refractivity contribution in [3.8, 4) is 0 Å². The van der Waals surface area contributed by atoms with Gasteiger partial charge in [0.1, 0.15) is 0 Å². The van der Waals surface area contributed by atoms with Crippen molar-refractivity contribution in [1.82, 2.24) is 10.6 Å². The van der Waals surface area contributed by atoms with E-state index in [9.17, 15) is 9.90 Å². The zero-order chi connectivity index (χ0) is 12.7. The van der Waals surface area contributed by atoms with E-state index in [-0.39, 0.29) is 18.4 Å². The molecule has 2 atom stereocenters. The third kappa shape index (κ3) is 5.48. The first-order chi connectivity index (χ1) is 8.05. The van der Waals surface area contributed by atoms with Gasteiger partial charge in [0.05, 0.1) is 11.5 Å². The number of ether oxygens (including phenoxy) is 1. The van der Waals surface area contributed by atoms with E-state index >= 15 is 0 Å². The van der Waals surface area contributed by atoms with E-state index in [1.165, 1.54) is 0 Å². The Morgan fingerprint density at radius 3 is 3.00 bits per heavy atom. The zero-order valence-corrected chi connectivity index (χ0v) is 10.8. The van der Waals surface area contributed by atoms with Crippen molar-refractivity contribution in [1.29, 1.82) is 0 Å². The van der Waals surface area contributed by atoms with Gasteiger partial charge in [-0.15, -0.1) is 0 Å². The average molecular weight is 244 g/mol. The lowest BCUT2D eigenvalue weighted by atomic mass is 9.97. The van der Waals surface area contributed by atoms with Gasteiger partial charge in [0, 0.05) is 33.2 Å². The number of carbonyl (C=O) groups is 1. The van der Waals surface area contributed by atoms with Gasteiger partial charge in [0.2, 0.25) is 5.91 Å². The van der Waals surface area contributed by atoms with Gasteiger partial charge in [-0.3, -0.25) is 4.79 Å². The Morgan fingerprint density at radius 2 is 2.41 bits per heavy atom. The van der Waals surface area contributed by atoms with Crippen LogP contribution in [-0.2, 0) is 9.53 Å². The largest absolute Gasteiger partial charge is 0.388 e. The summed E-state index contributed by atoms with van der Waals surface area (Å²) in [5.74, 6) is 0.0804. The molecule has 100 valence electrons. The van der Waals surface area contributed by atoms with Crippen molar-refractivity contribution in [2.45, 2.75) is 31.8 Å². The van der Waals surface area contributed by atoms with E-state index in [1.54, 1.807) is 14.0 Å². The van der Waals surface area contributed by atoms with Crippen molar-refractivity contribution in [3.05, 3.63) is 0 Å². The SMILES string of the molecule is COCCC(C)(O)CNC(=O)[C@H]1CCCNC1. The molecule has 1 heterocycles. The molecule has 0 saturated carbocycles. The van der Waals surface area contributed by atoms with Crippen LogP contribution in [0.15, 0.2) is 0 Å². The standard InChI is InChI=1S/C12H24N2O3/c1-12(16,5-7-17-2)9-14-11(15)10-4-3-6-13-8-10/h10,13,16H,3-9H2,1-2H3,(H,14,15)/t10-,12?/m0/s1. The van der Waals surface area contributed by atoms with Crippen LogP contribution in [0.25, 0.3) is 0 Å². The molecule has 1 aliphatic heterocycles. The normalized spacial score (nSPS) is 24.1. The summed E-state index contributed by atoms with van der Waals surface area (Å²) in [4.78, 5) is 11.8. The topological polar surface area (TPSA) is 70.6 Å². The Bertz CT molecular complexity index is 238. The molecule has 0 radical (unpaired) electrons. The van der Waals surface area contributed by atoms with Crippen molar-refractivity contribution >= 4 is 5.91 Å². The van der Waals surface area contributed by atoms with E-state index in [4.69, 9.17) is 4.74 Å². The Morgan fingerprint density at radius 1 is 1.65 bits per heavy atom. The predicted molar refractivity (Wildman–Crippen MR) is 65.7 cm³/mol. The van der Waals surface area contributed by atoms with Gasteiger partial charge in [-0.25, -0.2) is 0 Å². The smallest absolute Gasteiger partial charge is 0.224 e. The maximum Gasteiger partial charge on any atom is 0.224 e. The second kappa shape index (κ2) is 6.93. The van der Waals surface area contributed by atoms with Crippen LogP contribution in [0.1, 0.15) is 26.2 Å². The highest BCUT2D eigenvalue weighted by molar-refractivity contribution is 5.79. The number of piperidine rings is 1. The van der Waals surface area contributed by atoms with Crippen molar-refractivity contribution in [2.24, 2.45) is 5.92 Å². The van der Waals surface area contributed by atoms with Crippen LogP contribution in [0.2, 0.25) is 0 Å².